The summed E-state index contributed by atoms with van der Waals surface area (Å²) in [4.78, 5) is 12.5. The van der Waals surface area contributed by atoms with Gasteiger partial charge in [-0.3, -0.25) is 4.79 Å². The van der Waals surface area contributed by atoms with E-state index < -0.39 is 0 Å². The molecule has 4 aliphatic rings. The number of Topliss-reactive ketones (excluding diaryl/α,β-unsaturated/α-hetero) is 1. The first-order valence-electron chi connectivity index (χ1n) is 9.15. The third-order valence-electron chi connectivity index (χ3n) is 6.50. The van der Waals surface area contributed by atoms with E-state index in [-0.39, 0.29) is 23.4 Å². The number of ketones is 1. The van der Waals surface area contributed by atoms with Crippen LogP contribution in [0.5, 0.6) is 11.5 Å². The predicted octanol–water partition coefficient (Wildman–Crippen LogP) is 3.54. The molecule has 1 aliphatic carbocycles. The molecule has 5 rings (SSSR count). The van der Waals surface area contributed by atoms with Crippen LogP contribution in [-0.2, 0) is 9.53 Å². The summed E-state index contributed by atoms with van der Waals surface area (Å²) < 4.78 is 18.3. The van der Waals surface area contributed by atoms with Gasteiger partial charge in [-0.2, -0.15) is 0 Å². The van der Waals surface area contributed by atoms with Gasteiger partial charge in [0.25, 0.3) is 0 Å². The molecule has 1 aromatic rings. The molecule has 4 heteroatoms. The molecule has 0 bridgehead atoms. The van der Waals surface area contributed by atoms with Crippen LogP contribution in [0.1, 0.15) is 56.6 Å². The van der Waals surface area contributed by atoms with Crippen LogP contribution in [0.3, 0.4) is 0 Å². The first kappa shape index (κ1) is 14.8. The number of hydrogen-bond donors (Lipinski definition) is 0. The summed E-state index contributed by atoms with van der Waals surface area (Å²) in [5.41, 5.74) is 2.01. The van der Waals surface area contributed by atoms with Crippen molar-refractivity contribution in [3.05, 3.63) is 23.3 Å². The second-order valence-corrected chi connectivity index (χ2v) is 8.18. The van der Waals surface area contributed by atoms with E-state index in [0.29, 0.717) is 24.5 Å². The van der Waals surface area contributed by atoms with Crippen LogP contribution in [0.25, 0.3) is 0 Å². The van der Waals surface area contributed by atoms with Crippen molar-refractivity contribution in [2.75, 3.05) is 0 Å². The third-order valence-corrected chi connectivity index (χ3v) is 6.50. The number of carbonyl (C=O) groups is 1. The zero-order valence-electron chi connectivity index (χ0n) is 14.5. The molecular weight excluding hydrogens is 304 g/mol. The van der Waals surface area contributed by atoms with Crippen molar-refractivity contribution in [1.29, 1.82) is 0 Å². The molecule has 128 valence electrons. The lowest BCUT2D eigenvalue weighted by Crippen LogP contribution is -2.52. The van der Waals surface area contributed by atoms with Crippen molar-refractivity contribution in [3.8, 4) is 11.5 Å². The van der Waals surface area contributed by atoms with Crippen molar-refractivity contribution < 1.29 is 19.0 Å². The SMILES string of the molecule is Cc1cc2c3c(c1)O[C@@](C)(CCC1OC1C)[C@@H]1CCC(=O)[C@H](O2)[C@H]31. The van der Waals surface area contributed by atoms with E-state index in [1.807, 2.05) is 6.07 Å². The molecule has 4 nitrogen and oxygen atoms in total. The van der Waals surface area contributed by atoms with Crippen LogP contribution in [-0.4, -0.2) is 29.7 Å². The molecular formula is C20H24O4. The van der Waals surface area contributed by atoms with E-state index in [1.165, 1.54) is 0 Å². The quantitative estimate of drug-likeness (QED) is 0.796. The number of aryl methyl sites for hydroxylation is 1. The number of carbonyl (C=O) groups excluding carboxylic acids is 1. The average molecular weight is 328 g/mol. The van der Waals surface area contributed by atoms with Crippen LogP contribution in [0.15, 0.2) is 12.1 Å². The summed E-state index contributed by atoms with van der Waals surface area (Å²) in [5, 5.41) is 0. The van der Waals surface area contributed by atoms with E-state index in [4.69, 9.17) is 14.2 Å². The molecule has 24 heavy (non-hydrogen) atoms. The van der Waals surface area contributed by atoms with E-state index >= 15 is 0 Å². The monoisotopic (exact) mass is 328 g/mol. The van der Waals surface area contributed by atoms with Gasteiger partial charge in [0.15, 0.2) is 11.9 Å². The second kappa shape index (κ2) is 4.75. The molecule has 0 amide bonds. The van der Waals surface area contributed by atoms with Gasteiger partial charge in [0.2, 0.25) is 0 Å². The minimum atomic E-state index is -0.307. The topological polar surface area (TPSA) is 48.1 Å². The average Bonchev–Trinajstić information content (AvgIpc) is 3.09. The first-order valence-corrected chi connectivity index (χ1v) is 9.15. The summed E-state index contributed by atoms with van der Waals surface area (Å²) in [6, 6.07) is 4.15. The van der Waals surface area contributed by atoms with Crippen molar-refractivity contribution in [2.24, 2.45) is 5.92 Å². The molecule has 1 saturated heterocycles. The van der Waals surface area contributed by atoms with Crippen molar-refractivity contribution in [2.45, 2.75) is 76.3 Å². The van der Waals surface area contributed by atoms with Gasteiger partial charge in [-0.15, -0.1) is 0 Å². The van der Waals surface area contributed by atoms with E-state index in [1.54, 1.807) is 0 Å². The Kier molecular flexibility index (Phi) is 2.92. The standard InChI is InChI=1S/C20H24O4/c1-10-8-15-18-16(9-10)24-20(3,7-6-14-11(2)22-14)12-4-5-13(21)19(23-15)17(12)18/h8-9,11-12,14,17,19H,4-7H2,1-3H3/t11?,12-,14?,17+,19+,20+/m1/s1. The maximum atomic E-state index is 12.5. The Morgan fingerprint density at radius 1 is 1.29 bits per heavy atom. The van der Waals surface area contributed by atoms with E-state index in [2.05, 4.69) is 26.8 Å². The molecule has 0 aromatic heterocycles. The molecule has 2 unspecified atom stereocenters. The summed E-state index contributed by atoms with van der Waals surface area (Å²) >= 11 is 0. The van der Waals surface area contributed by atoms with Gasteiger partial charge in [-0.05, 0) is 57.7 Å². The van der Waals surface area contributed by atoms with Crippen LogP contribution in [0, 0.1) is 12.8 Å². The van der Waals surface area contributed by atoms with Crippen molar-refractivity contribution in [3.63, 3.8) is 0 Å². The lowest BCUT2D eigenvalue weighted by molar-refractivity contribution is -0.133. The molecule has 2 fully saturated rings. The lowest BCUT2D eigenvalue weighted by atomic mass is 9.64. The molecule has 3 heterocycles. The molecule has 0 spiro atoms. The summed E-state index contributed by atoms with van der Waals surface area (Å²) in [7, 11) is 0. The largest absolute Gasteiger partial charge is 0.487 e. The molecule has 6 atom stereocenters. The van der Waals surface area contributed by atoms with Gasteiger partial charge < -0.3 is 14.2 Å². The number of rotatable bonds is 3. The normalized spacial score (nSPS) is 41.5. The molecule has 1 saturated carbocycles. The van der Waals surface area contributed by atoms with Crippen molar-refractivity contribution >= 4 is 5.78 Å². The summed E-state index contributed by atoms with van der Waals surface area (Å²) in [5.74, 6) is 2.54. The fourth-order valence-electron chi connectivity index (χ4n) is 5.11. The van der Waals surface area contributed by atoms with Crippen LogP contribution < -0.4 is 9.47 Å². The maximum absolute atomic E-state index is 12.5. The fourth-order valence-corrected chi connectivity index (χ4v) is 5.11. The number of hydrogen-bond acceptors (Lipinski definition) is 4. The summed E-state index contributed by atoms with van der Waals surface area (Å²) in [6.07, 6.45) is 3.94. The highest BCUT2D eigenvalue weighted by Crippen LogP contribution is 2.59. The van der Waals surface area contributed by atoms with Crippen LogP contribution in [0.2, 0.25) is 0 Å². The van der Waals surface area contributed by atoms with Crippen LogP contribution >= 0.6 is 0 Å². The Labute approximate surface area is 142 Å². The number of benzene rings is 1. The molecule has 1 aromatic carbocycles. The third kappa shape index (κ3) is 1.98. The Bertz CT molecular complexity index is 727. The zero-order chi connectivity index (χ0) is 16.6. The fraction of sp³-hybridized carbons (Fsp3) is 0.650. The maximum Gasteiger partial charge on any atom is 0.173 e. The number of ether oxygens (including phenoxy) is 3. The molecule has 0 N–H and O–H groups in total. The molecule has 3 aliphatic heterocycles. The van der Waals surface area contributed by atoms with Gasteiger partial charge in [-0.1, -0.05) is 0 Å². The molecule has 0 radical (unpaired) electrons. The van der Waals surface area contributed by atoms with E-state index in [9.17, 15) is 4.79 Å². The van der Waals surface area contributed by atoms with Crippen molar-refractivity contribution in [1.82, 2.24) is 0 Å². The Balaban J connectivity index is 1.55. The van der Waals surface area contributed by atoms with Gasteiger partial charge in [0.05, 0.1) is 12.2 Å². The highest BCUT2D eigenvalue weighted by Gasteiger charge is 2.57. The Hall–Kier alpha value is -1.55. The summed E-state index contributed by atoms with van der Waals surface area (Å²) in [6.45, 7) is 6.40. The number of epoxide rings is 1. The Morgan fingerprint density at radius 2 is 2.04 bits per heavy atom. The highest BCUT2D eigenvalue weighted by molar-refractivity contribution is 5.87. The second-order valence-electron chi connectivity index (χ2n) is 8.18. The first-order chi connectivity index (χ1) is 11.5. The Morgan fingerprint density at radius 3 is 2.79 bits per heavy atom. The van der Waals surface area contributed by atoms with Gasteiger partial charge >= 0.3 is 0 Å². The van der Waals surface area contributed by atoms with Gasteiger partial charge in [-0.25, -0.2) is 0 Å². The van der Waals surface area contributed by atoms with Gasteiger partial charge in [0.1, 0.15) is 17.1 Å². The smallest absolute Gasteiger partial charge is 0.173 e. The van der Waals surface area contributed by atoms with Crippen LogP contribution in [0.4, 0.5) is 0 Å². The van der Waals surface area contributed by atoms with Gasteiger partial charge in [0, 0.05) is 23.8 Å². The minimum Gasteiger partial charge on any atom is -0.487 e. The highest BCUT2D eigenvalue weighted by atomic mass is 16.6. The predicted molar refractivity (Wildman–Crippen MR) is 88.7 cm³/mol. The lowest BCUT2D eigenvalue weighted by Gasteiger charge is -2.48. The van der Waals surface area contributed by atoms with E-state index in [0.717, 1.165) is 41.9 Å². The zero-order valence-corrected chi connectivity index (χ0v) is 14.5. The minimum absolute atomic E-state index is 0.160.